The number of benzene rings is 1. The number of hydrogen-bond acceptors (Lipinski definition) is 4. The Bertz CT molecular complexity index is 505. The van der Waals surface area contributed by atoms with Crippen molar-refractivity contribution >= 4 is 49.9 Å². The highest BCUT2D eigenvalue weighted by Crippen LogP contribution is 2.22. The lowest BCUT2D eigenvalue weighted by atomic mass is 10.0. The number of esters is 2. The predicted molar refractivity (Wildman–Crippen MR) is 75.0 cm³/mol. The first-order valence-corrected chi connectivity index (χ1v) is 6.41. The van der Waals surface area contributed by atoms with Crippen LogP contribution in [0.4, 0.5) is 0 Å². The van der Waals surface area contributed by atoms with Gasteiger partial charge >= 0.3 is 11.9 Å². The Hall–Kier alpha value is -1.14. The standard InChI is InChI=1S/C12H10Br2O4/c1-17-11(15)7-3-4-9(12(16)18-2)8(5-7)6-10(13)14/h3-6H,1-2H3. The minimum absolute atomic E-state index is 0.359. The molecule has 0 aliphatic heterocycles. The Labute approximate surface area is 121 Å². The molecule has 0 bridgehead atoms. The molecule has 0 heterocycles. The van der Waals surface area contributed by atoms with Crippen LogP contribution in [0, 0.1) is 0 Å². The first-order chi connectivity index (χ1) is 8.49. The zero-order valence-corrected chi connectivity index (χ0v) is 12.9. The summed E-state index contributed by atoms with van der Waals surface area (Å²) in [5.41, 5.74) is 1.27. The number of rotatable bonds is 3. The molecule has 0 aliphatic carbocycles. The summed E-state index contributed by atoms with van der Waals surface area (Å²) in [6, 6.07) is 4.59. The number of carbonyl (C=O) groups excluding carboxylic acids is 2. The fraction of sp³-hybridized carbons (Fsp3) is 0.167. The second-order valence-electron chi connectivity index (χ2n) is 3.22. The molecule has 1 aromatic rings. The Morgan fingerprint density at radius 1 is 1.11 bits per heavy atom. The van der Waals surface area contributed by atoms with Crippen LogP contribution in [-0.4, -0.2) is 26.2 Å². The van der Waals surface area contributed by atoms with E-state index in [0.717, 1.165) is 0 Å². The fourth-order valence-electron chi connectivity index (χ4n) is 1.34. The largest absolute Gasteiger partial charge is 0.465 e. The second kappa shape index (κ2) is 6.70. The van der Waals surface area contributed by atoms with Gasteiger partial charge in [-0.05, 0) is 61.7 Å². The van der Waals surface area contributed by atoms with E-state index in [1.165, 1.54) is 26.4 Å². The zero-order chi connectivity index (χ0) is 13.7. The molecule has 0 fully saturated rings. The van der Waals surface area contributed by atoms with E-state index in [0.29, 0.717) is 20.1 Å². The van der Waals surface area contributed by atoms with Gasteiger partial charge in [0, 0.05) is 0 Å². The van der Waals surface area contributed by atoms with Crippen molar-refractivity contribution in [1.82, 2.24) is 0 Å². The number of ether oxygens (including phenoxy) is 2. The molecule has 0 aromatic heterocycles. The lowest BCUT2D eigenvalue weighted by molar-refractivity contribution is 0.0586. The van der Waals surface area contributed by atoms with Gasteiger partial charge in [0.05, 0.1) is 28.7 Å². The summed E-state index contributed by atoms with van der Waals surface area (Å²) in [5, 5.41) is 0. The van der Waals surface area contributed by atoms with Crippen molar-refractivity contribution in [3.8, 4) is 0 Å². The highest BCUT2D eigenvalue weighted by atomic mass is 79.9. The Morgan fingerprint density at radius 2 is 1.72 bits per heavy atom. The molecule has 1 aromatic carbocycles. The van der Waals surface area contributed by atoms with Crippen molar-refractivity contribution in [3.63, 3.8) is 0 Å². The maximum absolute atomic E-state index is 11.6. The monoisotopic (exact) mass is 376 g/mol. The molecule has 0 N–H and O–H groups in total. The summed E-state index contributed by atoms with van der Waals surface area (Å²) in [4.78, 5) is 23.0. The van der Waals surface area contributed by atoms with Gasteiger partial charge in [-0.15, -0.1) is 0 Å². The van der Waals surface area contributed by atoms with Crippen LogP contribution in [0.1, 0.15) is 26.3 Å². The number of carbonyl (C=O) groups is 2. The molecule has 0 spiro atoms. The molecule has 96 valence electrons. The maximum Gasteiger partial charge on any atom is 0.338 e. The van der Waals surface area contributed by atoms with Gasteiger partial charge in [-0.1, -0.05) is 0 Å². The van der Waals surface area contributed by atoms with Gasteiger partial charge in [-0.3, -0.25) is 0 Å². The number of hydrogen-bond donors (Lipinski definition) is 0. The van der Waals surface area contributed by atoms with E-state index in [1.807, 2.05) is 0 Å². The van der Waals surface area contributed by atoms with E-state index in [4.69, 9.17) is 0 Å². The lowest BCUT2D eigenvalue weighted by Crippen LogP contribution is -2.07. The summed E-state index contributed by atoms with van der Waals surface area (Å²) in [7, 11) is 2.60. The smallest absolute Gasteiger partial charge is 0.338 e. The molecule has 0 unspecified atom stereocenters. The maximum atomic E-state index is 11.6. The van der Waals surface area contributed by atoms with E-state index in [1.54, 1.807) is 12.1 Å². The molecule has 0 saturated heterocycles. The van der Waals surface area contributed by atoms with Gasteiger partial charge < -0.3 is 9.47 Å². The van der Waals surface area contributed by atoms with E-state index in [9.17, 15) is 9.59 Å². The third-order valence-electron chi connectivity index (χ3n) is 2.14. The summed E-state index contributed by atoms with van der Waals surface area (Å²) in [5.74, 6) is -0.939. The molecular weight excluding hydrogens is 368 g/mol. The van der Waals surface area contributed by atoms with Gasteiger partial charge in [-0.2, -0.15) is 0 Å². The second-order valence-corrected chi connectivity index (χ2v) is 5.99. The SMILES string of the molecule is COC(=O)c1ccc(C(=O)OC)c(C=C(Br)Br)c1. The third kappa shape index (κ3) is 3.68. The lowest BCUT2D eigenvalue weighted by Gasteiger charge is -2.06. The molecule has 0 atom stereocenters. The first-order valence-electron chi connectivity index (χ1n) is 4.83. The molecule has 1 rings (SSSR count). The van der Waals surface area contributed by atoms with Crippen molar-refractivity contribution in [2.24, 2.45) is 0 Å². The van der Waals surface area contributed by atoms with Crippen molar-refractivity contribution in [2.45, 2.75) is 0 Å². The minimum Gasteiger partial charge on any atom is -0.465 e. The van der Waals surface area contributed by atoms with Crippen LogP contribution in [0.3, 0.4) is 0 Å². The van der Waals surface area contributed by atoms with Crippen LogP contribution < -0.4 is 0 Å². The zero-order valence-electron chi connectivity index (χ0n) is 9.70. The van der Waals surface area contributed by atoms with Crippen molar-refractivity contribution in [1.29, 1.82) is 0 Å². The summed E-state index contributed by atoms with van der Waals surface area (Å²) >= 11 is 6.41. The molecule has 0 aliphatic rings. The predicted octanol–water partition coefficient (Wildman–Crippen LogP) is 3.35. The summed E-state index contributed by atoms with van der Waals surface area (Å²) in [6.07, 6.45) is 1.65. The van der Waals surface area contributed by atoms with Crippen molar-refractivity contribution in [2.75, 3.05) is 14.2 Å². The van der Waals surface area contributed by atoms with Crippen molar-refractivity contribution < 1.29 is 19.1 Å². The van der Waals surface area contributed by atoms with Gasteiger partial charge in [0.15, 0.2) is 0 Å². The Balaban J connectivity index is 3.33. The topological polar surface area (TPSA) is 52.6 Å². The Morgan fingerprint density at radius 3 is 2.22 bits per heavy atom. The molecule has 0 saturated carbocycles. The van der Waals surface area contributed by atoms with E-state index >= 15 is 0 Å². The van der Waals surface area contributed by atoms with Crippen LogP contribution in [0.2, 0.25) is 0 Å². The molecule has 0 radical (unpaired) electrons. The number of methoxy groups -OCH3 is 2. The number of halogens is 2. The molecule has 18 heavy (non-hydrogen) atoms. The van der Waals surface area contributed by atoms with Crippen molar-refractivity contribution in [3.05, 3.63) is 38.3 Å². The first kappa shape index (κ1) is 14.9. The van der Waals surface area contributed by atoms with Crippen LogP contribution >= 0.6 is 31.9 Å². The normalized spacial score (nSPS) is 9.56. The fourth-order valence-corrected chi connectivity index (χ4v) is 1.83. The molecule has 6 heteroatoms. The van der Waals surface area contributed by atoms with Crippen LogP contribution in [0.5, 0.6) is 0 Å². The Kier molecular flexibility index (Phi) is 5.55. The minimum atomic E-state index is -0.473. The quantitative estimate of drug-likeness (QED) is 0.758. The van der Waals surface area contributed by atoms with Gasteiger partial charge in [0.2, 0.25) is 0 Å². The van der Waals surface area contributed by atoms with E-state index in [2.05, 4.69) is 41.3 Å². The van der Waals surface area contributed by atoms with E-state index in [-0.39, 0.29) is 0 Å². The van der Waals surface area contributed by atoms with E-state index < -0.39 is 11.9 Å². The molecule has 0 amide bonds. The van der Waals surface area contributed by atoms with Crippen LogP contribution in [0.15, 0.2) is 21.6 Å². The van der Waals surface area contributed by atoms with Gasteiger partial charge in [0.1, 0.15) is 0 Å². The van der Waals surface area contributed by atoms with Gasteiger partial charge in [-0.25, -0.2) is 9.59 Å². The summed E-state index contributed by atoms with van der Waals surface area (Å²) in [6.45, 7) is 0. The average Bonchev–Trinajstić information content (AvgIpc) is 2.36. The third-order valence-corrected chi connectivity index (χ3v) is 2.60. The average molecular weight is 378 g/mol. The molecular formula is C12H10Br2O4. The molecule has 4 nitrogen and oxygen atoms in total. The van der Waals surface area contributed by atoms with Gasteiger partial charge in [0.25, 0.3) is 0 Å². The summed E-state index contributed by atoms with van der Waals surface area (Å²) < 4.78 is 9.93. The highest BCUT2D eigenvalue weighted by Gasteiger charge is 2.14. The highest BCUT2D eigenvalue weighted by molar-refractivity contribution is 9.28. The van der Waals surface area contributed by atoms with Crippen LogP contribution in [-0.2, 0) is 9.47 Å². The van der Waals surface area contributed by atoms with Crippen LogP contribution in [0.25, 0.3) is 6.08 Å².